The maximum Gasteiger partial charge on any atom is 0.153 e. The first-order chi connectivity index (χ1) is 7.25. The van der Waals surface area contributed by atoms with Crippen molar-refractivity contribution in [3.05, 3.63) is 47.0 Å². The fraction of sp³-hybridized carbons (Fsp3) is 0.0769. The third kappa shape index (κ3) is 1.24. The molecule has 2 heteroatoms. The number of benzene rings is 2. The van der Waals surface area contributed by atoms with Crippen LogP contribution in [0.1, 0.15) is 5.56 Å². The lowest BCUT2D eigenvalue weighted by molar-refractivity contribution is 0.668. The van der Waals surface area contributed by atoms with Gasteiger partial charge in [0.1, 0.15) is 5.58 Å². The third-order valence-corrected chi connectivity index (χ3v) is 2.90. The second-order valence-corrected chi connectivity index (χ2v) is 4.13. The zero-order valence-electron chi connectivity index (χ0n) is 8.25. The summed E-state index contributed by atoms with van der Waals surface area (Å²) in [5, 5.41) is 2.87. The van der Waals surface area contributed by atoms with Crippen LogP contribution in [-0.4, -0.2) is 0 Å². The van der Waals surface area contributed by atoms with Crippen LogP contribution in [0.5, 0.6) is 0 Å². The first-order valence-corrected chi connectivity index (χ1v) is 5.21. The van der Waals surface area contributed by atoms with Crippen LogP contribution in [0, 0.1) is 6.92 Å². The number of aryl methyl sites for hydroxylation is 1. The highest BCUT2D eigenvalue weighted by molar-refractivity contribution is 6.35. The molecule has 1 nitrogen and oxygen atoms in total. The summed E-state index contributed by atoms with van der Waals surface area (Å²) >= 11 is 6.07. The predicted molar refractivity (Wildman–Crippen MR) is 63.5 cm³/mol. The summed E-state index contributed by atoms with van der Waals surface area (Å²) in [7, 11) is 0. The minimum Gasteiger partial charge on any atom is -0.454 e. The molecule has 0 spiro atoms. The van der Waals surface area contributed by atoms with Gasteiger partial charge >= 0.3 is 0 Å². The van der Waals surface area contributed by atoms with E-state index in [2.05, 4.69) is 12.1 Å². The maximum atomic E-state index is 6.07. The Hall–Kier alpha value is -1.47. The fourth-order valence-electron chi connectivity index (χ4n) is 1.87. The lowest BCUT2D eigenvalue weighted by atomic mass is 10.1. The van der Waals surface area contributed by atoms with Crippen LogP contribution in [0.25, 0.3) is 21.9 Å². The molecule has 1 aromatic heterocycles. The minimum absolute atomic E-state index is 0.668. The number of hydrogen-bond acceptors (Lipinski definition) is 1. The normalized spacial score (nSPS) is 11.3. The number of halogens is 1. The van der Waals surface area contributed by atoms with Gasteiger partial charge in [-0.25, -0.2) is 0 Å². The van der Waals surface area contributed by atoms with E-state index >= 15 is 0 Å². The summed E-state index contributed by atoms with van der Waals surface area (Å²) in [6.45, 7) is 2.05. The Labute approximate surface area is 92.3 Å². The molecule has 0 saturated carbocycles. The van der Waals surface area contributed by atoms with Gasteiger partial charge in [0.2, 0.25) is 0 Å². The van der Waals surface area contributed by atoms with E-state index in [1.807, 2.05) is 31.2 Å². The number of para-hydroxylation sites is 1. The van der Waals surface area contributed by atoms with Gasteiger partial charge in [-0.15, -0.1) is 0 Å². The van der Waals surface area contributed by atoms with E-state index in [9.17, 15) is 0 Å². The number of hydrogen-bond donors (Lipinski definition) is 0. The van der Waals surface area contributed by atoms with Gasteiger partial charge in [-0.1, -0.05) is 35.9 Å². The highest BCUT2D eigenvalue weighted by atomic mass is 35.5. The average Bonchev–Trinajstić information content (AvgIpc) is 2.57. The summed E-state index contributed by atoms with van der Waals surface area (Å²) in [5.74, 6) is 0. The monoisotopic (exact) mass is 216 g/mol. The Morgan fingerprint density at radius 2 is 1.93 bits per heavy atom. The van der Waals surface area contributed by atoms with E-state index in [1.165, 1.54) is 5.56 Å². The van der Waals surface area contributed by atoms with Gasteiger partial charge < -0.3 is 4.42 Å². The molecule has 0 radical (unpaired) electrons. The summed E-state index contributed by atoms with van der Waals surface area (Å²) < 4.78 is 5.73. The molecule has 0 aliphatic rings. The molecule has 1 heterocycles. The second-order valence-electron chi connectivity index (χ2n) is 3.72. The molecular formula is C13H9ClO. The molecule has 74 valence electrons. The highest BCUT2D eigenvalue weighted by Crippen LogP contribution is 2.33. The SMILES string of the molecule is Cc1ccc2c(c1)oc1c(Cl)cccc12. The molecule has 3 rings (SSSR count). The van der Waals surface area contributed by atoms with E-state index in [1.54, 1.807) is 0 Å². The Bertz CT molecular complexity index is 652. The lowest BCUT2D eigenvalue weighted by Gasteiger charge is -1.90. The molecule has 0 bridgehead atoms. The van der Waals surface area contributed by atoms with Crippen molar-refractivity contribution in [3.63, 3.8) is 0 Å². The Kier molecular flexibility index (Phi) is 1.77. The van der Waals surface area contributed by atoms with Gasteiger partial charge in [-0.05, 0) is 24.6 Å². The summed E-state index contributed by atoms with van der Waals surface area (Å²) in [6, 6.07) is 12.0. The van der Waals surface area contributed by atoms with Crippen LogP contribution >= 0.6 is 11.6 Å². The van der Waals surface area contributed by atoms with Gasteiger partial charge in [0.15, 0.2) is 5.58 Å². The standard InChI is InChI=1S/C13H9ClO/c1-8-5-6-9-10-3-2-4-11(14)13(10)15-12(9)7-8/h2-7H,1H3. The number of furan rings is 1. The third-order valence-electron chi connectivity index (χ3n) is 2.61. The van der Waals surface area contributed by atoms with Crippen molar-refractivity contribution in [2.75, 3.05) is 0 Å². The zero-order chi connectivity index (χ0) is 10.4. The van der Waals surface area contributed by atoms with Crippen molar-refractivity contribution in [3.8, 4) is 0 Å². The molecule has 0 unspecified atom stereocenters. The van der Waals surface area contributed by atoms with Gasteiger partial charge in [0.05, 0.1) is 5.02 Å². The quantitative estimate of drug-likeness (QED) is 0.537. The molecule has 0 amide bonds. The molecule has 0 aliphatic heterocycles. The summed E-state index contributed by atoms with van der Waals surface area (Å²) in [6.07, 6.45) is 0. The van der Waals surface area contributed by atoms with Gasteiger partial charge in [0.25, 0.3) is 0 Å². The lowest BCUT2D eigenvalue weighted by Crippen LogP contribution is -1.69. The van der Waals surface area contributed by atoms with E-state index in [0.717, 1.165) is 21.9 Å². The van der Waals surface area contributed by atoms with E-state index in [4.69, 9.17) is 16.0 Å². The molecule has 15 heavy (non-hydrogen) atoms. The van der Waals surface area contributed by atoms with Crippen molar-refractivity contribution in [2.24, 2.45) is 0 Å². The molecule has 2 aromatic carbocycles. The first-order valence-electron chi connectivity index (χ1n) is 4.83. The molecule has 0 aliphatic carbocycles. The largest absolute Gasteiger partial charge is 0.454 e. The van der Waals surface area contributed by atoms with Gasteiger partial charge in [-0.2, -0.15) is 0 Å². The van der Waals surface area contributed by atoms with Crippen LogP contribution in [0.15, 0.2) is 40.8 Å². The Morgan fingerprint density at radius 3 is 2.80 bits per heavy atom. The minimum atomic E-state index is 0.668. The van der Waals surface area contributed by atoms with E-state index < -0.39 is 0 Å². The van der Waals surface area contributed by atoms with Crippen LogP contribution in [0.3, 0.4) is 0 Å². The smallest absolute Gasteiger partial charge is 0.153 e. The zero-order valence-corrected chi connectivity index (χ0v) is 9.01. The van der Waals surface area contributed by atoms with Crippen LogP contribution in [0.2, 0.25) is 5.02 Å². The van der Waals surface area contributed by atoms with E-state index in [0.29, 0.717) is 5.02 Å². The Balaban J connectivity index is 2.57. The number of fused-ring (bicyclic) bond motifs is 3. The maximum absolute atomic E-state index is 6.07. The fourth-order valence-corrected chi connectivity index (χ4v) is 2.08. The van der Waals surface area contributed by atoms with Crippen molar-refractivity contribution in [1.82, 2.24) is 0 Å². The first kappa shape index (κ1) is 8.81. The molecule has 0 atom stereocenters. The molecular weight excluding hydrogens is 208 g/mol. The predicted octanol–water partition coefficient (Wildman–Crippen LogP) is 4.55. The van der Waals surface area contributed by atoms with Crippen LogP contribution in [-0.2, 0) is 0 Å². The van der Waals surface area contributed by atoms with Crippen molar-refractivity contribution >= 4 is 33.5 Å². The van der Waals surface area contributed by atoms with Gasteiger partial charge in [-0.3, -0.25) is 0 Å². The van der Waals surface area contributed by atoms with Crippen LogP contribution in [0.4, 0.5) is 0 Å². The topological polar surface area (TPSA) is 13.1 Å². The van der Waals surface area contributed by atoms with E-state index in [-0.39, 0.29) is 0 Å². The second kappa shape index (κ2) is 3.01. The summed E-state index contributed by atoms with van der Waals surface area (Å²) in [5.41, 5.74) is 2.87. The van der Waals surface area contributed by atoms with Crippen molar-refractivity contribution in [2.45, 2.75) is 6.92 Å². The van der Waals surface area contributed by atoms with Crippen molar-refractivity contribution < 1.29 is 4.42 Å². The van der Waals surface area contributed by atoms with Crippen LogP contribution < -0.4 is 0 Å². The molecule has 0 saturated heterocycles. The van der Waals surface area contributed by atoms with Crippen molar-refractivity contribution in [1.29, 1.82) is 0 Å². The molecule has 3 aromatic rings. The molecule has 0 N–H and O–H groups in total. The Morgan fingerprint density at radius 1 is 1.07 bits per heavy atom. The average molecular weight is 217 g/mol. The molecule has 0 fully saturated rings. The highest BCUT2D eigenvalue weighted by Gasteiger charge is 2.08. The number of rotatable bonds is 0. The summed E-state index contributed by atoms with van der Waals surface area (Å²) in [4.78, 5) is 0. The van der Waals surface area contributed by atoms with Gasteiger partial charge in [0, 0.05) is 10.8 Å².